The Kier molecular flexibility index (Phi) is 6.88. The van der Waals surface area contributed by atoms with Gasteiger partial charge in [-0.05, 0) is 67.7 Å². The van der Waals surface area contributed by atoms with E-state index in [0.717, 1.165) is 30.9 Å². The number of hydrogen-bond acceptors (Lipinski definition) is 2. The second-order valence-corrected chi connectivity index (χ2v) is 6.96. The average Bonchev–Trinajstić information content (AvgIpc) is 2.48. The Morgan fingerprint density at radius 3 is 2.75 bits per heavy atom. The van der Waals surface area contributed by atoms with Gasteiger partial charge in [0.1, 0.15) is 5.82 Å². The van der Waals surface area contributed by atoms with Gasteiger partial charge in [0.25, 0.3) is 0 Å². The van der Waals surface area contributed by atoms with Gasteiger partial charge in [0.05, 0.1) is 0 Å². The molecule has 1 fully saturated rings. The SMILES string of the molecule is CCCNC(Cc1ccccc1F)CC1CCSCC1. The van der Waals surface area contributed by atoms with Gasteiger partial charge < -0.3 is 5.32 Å². The largest absolute Gasteiger partial charge is 0.314 e. The van der Waals surface area contributed by atoms with Gasteiger partial charge in [-0.1, -0.05) is 25.1 Å². The van der Waals surface area contributed by atoms with E-state index in [2.05, 4.69) is 24.0 Å². The Morgan fingerprint density at radius 1 is 1.30 bits per heavy atom. The minimum absolute atomic E-state index is 0.0602. The van der Waals surface area contributed by atoms with Gasteiger partial charge in [-0.3, -0.25) is 0 Å². The number of benzene rings is 1. The molecule has 0 spiro atoms. The van der Waals surface area contributed by atoms with Gasteiger partial charge >= 0.3 is 0 Å². The zero-order chi connectivity index (χ0) is 14.2. The van der Waals surface area contributed by atoms with E-state index in [-0.39, 0.29) is 5.82 Å². The van der Waals surface area contributed by atoms with Crippen LogP contribution in [0.1, 0.15) is 38.2 Å². The monoisotopic (exact) mass is 295 g/mol. The third-order valence-corrected chi connectivity index (χ3v) is 5.11. The van der Waals surface area contributed by atoms with Crippen molar-refractivity contribution in [1.82, 2.24) is 5.32 Å². The molecule has 1 N–H and O–H groups in total. The van der Waals surface area contributed by atoms with Crippen LogP contribution in [0.2, 0.25) is 0 Å². The molecule has 1 atom stereocenters. The van der Waals surface area contributed by atoms with Gasteiger partial charge in [-0.15, -0.1) is 0 Å². The summed E-state index contributed by atoms with van der Waals surface area (Å²) >= 11 is 2.07. The highest BCUT2D eigenvalue weighted by molar-refractivity contribution is 7.99. The predicted octanol–water partition coefficient (Wildman–Crippen LogP) is 4.27. The Labute approximate surface area is 126 Å². The van der Waals surface area contributed by atoms with E-state index in [1.807, 2.05) is 12.1 Å². The summed E-state index contributed by atoms with van der Waals surface area (Å²) < 4.78 is 13.8. The summed E-state index contributed by atoms with van der Waals surface area (Å²) in [4.78, 5) is 0. The predicted molar refractivity (Wildman–Crippen MR) is 86.9 cm³/mol. The normalized spacial score (nSPS) is 18.1. The van der Waals surface area contributed by atoms with Crippen LogP contribution >= 0.6 is 11.8 Å². The van der Waals surface area contributed by atoms with Crippen molar-refractivity contribution in [3.63, 3.8) is 0 Å². The molecule has 2 rings (SSSR count). The summed E-state index contributed by atoms with van der Waals surface area (Å²) in [5, 5.41) is 3.62. The Bertz CT molecular complexity index is 390. The molecule has 0 aliphatic carbocycles. The van der Waals surface area contributed by atoms with E-state index in [1.165, 1.54) is 30.8 Å². The molecule has 1 saturated heterocycles. The van der Waals surface area contributed by atoms with Gasteiger partial charge in [0.2, 0.25) is 0 Å². The molecular formula is C17H26FNS. The molecule has 1 aliphatic heterocycles. The summed E-state index contributed by atoms with van der Waals surface area (Å²) in [5.41, 5.74) is 0.853. The maximum atomic E-state index is 13.8. The van der Waals surface area contributed by atoms with Crippen LogP contribution in [-0.2, 0) is 6.42 Å². The van der Waals surface area contributed by atoms with Crippen LogP contribution in [0.3, 0.4) is 0 Å². The van der Waals surface area contributed by atoms with Crippen molar-refractivity contribution in [1.29, 1.82) is 0 Å². The van der Waals surface area contributed by atoms with Crippen molar-refractivity contribution >= 4 is 11.8 Å². The fourth-order valence-electron chi connectivity index (χ4n) is 2.90. The quantitative estimate of drug-likeness (QED) is 0.806. The molecule has 0 radical (unpaired) electrons. The molecule has 20 heavy (non-hydrogen) atoms. The number of thioether (sulfide) groups is 1. The third kappa shape index (κ3) is 5.10. The van der Waals surface area contributed by atoms with Gasteiger partial charge in [-0.25, -0.2) is 4.39 Å². The lowest BCUT2D eigenvalue weighted by atomic mass is 9.91. The van der Waals surface area contributed by atoms with Crippen LogP contribution in [0.5, 0.6) is 0 Å². The van der Waals surface area contributed by atoms with E-state index >= 15 is 0 Å². The molecular weight excluding hydrogens is 269 g/mol. The van der Waals surface area contributed by atoms with Crippen molar-refractivity contribution in [2.45, 2.75) is 45.1 Å². The van der Waals surface area contributed by atoms with E-state index < -0.39 is 0 Å². The molecule has 1 aromatic carbocycles. The lowest BCUT2D eigenvalue weighted by Gasteiger charge is -2.27. The van der Waals surface area contributed by atoms with Crippen LogP contribution in [0.15, 0.2) is 24.3 Å². The first-order valence-corrected chi connectivity index (χ1v) is 8.99. The maximum absolute atomic E-state index is 13.8. The average molecular weight is 295 g/mol. The number of rotatable bonds is 7. The smallest absolute Gasteiger partial charge is 0.126 e. The van der Waals surface area contributed by atoms with Crippen molar-refractivity contribution in [3.8, 4) is 0 Å². The first-order valence-electron chi connectivity index (χ1n) is 7.84. The van der Waals surface area contributed by atoms with Crippen molar-refractivity contribution < 1.29 is 4.39 Å². The van der Waals surface area contributed by atoms with Gasteiger partial charge in [0, 0.05) is 6.04 Å². The molecule has 1 unspecified atom stereocenters. The van der Waals surface area contributed by atoms with Crippen LogP contribution < -0.4 is 5.32 Å². The summed E-state index contributed by atoms with van der Waals surface area (Å²) in [6, 6.07) is 7.62. The van der Waals surface area contributed by atoms with Crippen molar-refractivity contribution in [2.75, 3.05) is 18.1 Å². The second kappa shape index (κ2) is 8.68. The van der Waals surface area contributed by atoms with Crippen LogP contribution in [0.4, 0.5) is 4.39 Å². The maximum Gasteiger partial charge on any atom is 0.126 e. The zero-order valence-electron chi connectivity index (χ0n) is 12.4. The minimum atomic E-state index is -0.0602. The number of nitrogens with one attached hydrogen (secondary N) is 1. The summed E-state index contributed by atoms with van der Waals surface area (Å²) in [6.45, 7) is 3.21. The minimum Gasteiger partial charge on any atom is -0.314 e. The molecule has 0 amide bonds. The van der Waals surface area contributed by atoms with Crippen LogP contribution in [0, 0.1) is 11.7 Å². The lowest BCUT2D eigenvalue weighted by Crippen LogP contribution is -2.34. The van der Waals surface area contributed by atoms with Crippen LogP contribution in [-0.4, -0.2) is 24.1 Å². The number of halogens is 1. The standard InChI is InChI=1S/C17H26FNS/c1-2-9-19-16(12-14-7-10-20-11-8-14)13-15-5-3-4-6-17(15)18/h3-6,14,16,19H,2,7-13H2,1H3. The van der Waals surface area contributed by atoms with Crippen molar-refractivity contribution in [3.05, 3.63) is 35.6 Å². The van der Waals surface area contributed by atoms with E-state index in [1.54, 1.807) is 12.1 Å². The molecule has 1 aliphatic rings. The van der Waals surface area contributed by atoms with E-state index in [0.29, 0.717) is 6.04 Å². The Hall–Kier alpha value is -0.540. The second-order valence-electron chi connectivity index (χ2n) is 5.74. The summed E-state index contributed by atoms with van der Waals surface area (Å²) in [6.07, 6.45) is 5.79. The van der Waals surface area contributed by atoms with E-state index in [9.17, 15) is 4.39 Å². The molecule has 1 heterocycles. The van der Waals surface area contributed by atoms with Crippen molar-refractivity contribution in [2.24, 2.45) is 5.92 Å². The van der Waals surface area contributed by atoms with Gasteiger partial charge in [-0.2, -0.15) is 11.8 Å². The lowest BCUT2D eigenvalue weighted by molar-refractivity contribution is 0.360. The highest BCUT2D eigenvalue weighted by Crippen LogP contribution is 2.27. The Balaban J connectivity index is 1.93. The fraction of sp³-hybridized carbons (Fsp3) is 0.647. The molecule has 0 bridgehead atoms. The van der Waals surface area contributed by atoms with E-state index in [4.69, 9.17) is 0 Å². The summed E-state index contributed by atoms with van der Waals surface area (Å²) in [5.74, 6) is 3.35. The first kappa shape index (κ1) is 15.8. The Morgan fingerprint density at radius 2 is 2.05 bits per heavy atom. The topological polar surface area (TPSA) is 12.0 Å². The molecule has 0 saturated carbocycles. The third-order valence-electron chi connectivity index (χ3n) is 4.07. The number of hydrogen-bond donors (Lipinski definition) is 1. The molecule has 0 aromatic heterocycles. The fourth-order valence-corrected chi connectivity index (χ4v) is 4.11. The highest BCUT2D eigenvalue weighted by Gasteiger charge is 2.20. The van der Waals surface area contributed by atoms with Gasteiger partial charge in [0.15, 0.2) is 0 Å². The highest BCUT2D eigenvalue weighted by atomic mass is 32.2. The zero-order valence-corrected chi connectivity index (χ0v) is 13.2. The first-order chi connectivity index (χ1) is 9.79. The van der Waals surface area contributed by atoms with Crippen LogP contribution in [0.25, 0.3) is 0 Å². The molecule has 1 nitrogen and oxygen atoms in total. The molecule has 1 aromatic rings. The summed E-state index contributed by atoms with van der Waals surface area (Å²) in [7, 11) is 0. The molecule has 3 heteroatoms. The molecule has 112 valence electrons.